The third-order valence-electron chi connectivity index (χ3n) is 2.89. The number of aromatic nitrogens is 1. The molecule has 1 fully saturated rings. The molecule has 1 aliphatic rings. The zero-order valence-electron chi connectivity index (χ0n) is 9.84. The van der Waals surface area contributed by atoms with Gasteiger partial charge in [0.2, 0.25) is 0 Å². The fourth-order valence-electron chi connectivity index (χ4n) is 1.83. The highest BCUT2D eigenvalue weighted by molar-refractivity contribution is 14.1. The van der Waals surface area contributed by atoms with E-state index in [1.165, 1.54) is 0 Å². The second-order valence-electron chi connectivity index (χ2n) is 4.32. The predicted molar refractivity (Wildman–Crippen MR) is 71.7 cm³/mol. The van der Waals surface area contributed by atoms with Gasteiger partial charge in [0.05, 0.1) is 0 Å². The molecule has 0 spiro atoms. The van der Waals surface area contributed by atoms with Crippen LogP contribution in [0.3, 0.4) is 0 Å². The molecule has 0 amide bonds. The standard InChI is InChI=1S/C11H13F3IN3/c1-17-2-4-18(5-3-17)10-7-8(15)6-9(16-10)11(12,13)14/h6-7H,2-5H2,1H3. The van der Waals surface area contributed by atoms with Crippen LogP contribution in [0.25, 0.3) is 0 Å². The number of likely N-dealkylation sites (N-methyl/N-ethyl adjacent to an activating group) is 1. The number of pyridine rings is 1. The van der Waals surface area contributed by atoms with Crippen LogP contribution in [0.4, 0.5) is 19.0 Å². The highest BCUT2D eigenvalue weighted by Gasteiger charge is 2.33. The monoisotopic (exact) mass is 371 g/mol. The minimum absolute atomic E-state index is 0.419. The summed E-state index contributed by atoms with van der Waals surface area (Å²) in [6.07, 6.45) is -4.39. The Kier molecular flexibility index (Phi) is 4.00. The van der Waals surface area contributed by atoms with E-state index in [4.69, 9.17) is 0 Å². The zero-order chi connectivity index (χ0) is 13.3. The minimum Gasteiger partial charge on any atom is -0.354 e. The van der Waals surface area contributed by atoms with Crippen LogP contribution in [-0.2, 0) is 6.18 Å². The van der Waals surface area contributed by atoms with E-state index >= 15 is 0 Å². The summed E-state index contributed by atoms with van der Waals surface area (Å²) in [5.41, 5.74) is -0.816. The van der Waals surface area contributed by atoms with Gasteiger partial charge in [0, 0.05) is 29.7 Å². The highest BCUT2D eigenvalue weighted by Crippen LogP contribution is 2.30. The maximum absolute atomic E-state index is 12.7. The number of halogens is 4. The molecule has 0 unspecified atom stereocenters. The quantitative estimate of drug-likeness (QED) is 0.708. The average molecular weight is 371 g/mol. The fourth-order valence-corrected chi connectivity index (χ4v) is 2.40. The molecular formula is C11H13F3IN3. The molecule has 3 nitrogen and oxygen atoms in total. The summed E-state index contributed by atoms with van der Waals surface area (Å²) >= 11 is 1.89. The van der Waals surface area contributed by atoms with Crippen LogP contribution in [0.1, 0.15) is 5.69 Å². The van der Waals surface area contributed by atoms with Crippen LogP contribution in [0.15, 0.2) is 12.1 Å². The molecule has 1 aromatic rings. The van der Waals surface area contributed by atoms with Gasteiger partial charge >= 0.3 is 6.18 Å². The molecule has 0 atom stereocenters. The molecule has 18 heavy (non-hydrogen) atoms. The average Bonchev–Trinajstić information content (AvgIpc) is 2.28. The van der Waals surface area contributed by atoms with Crippen LogP contribution in [0.5, 0.6) is 0 Å². The molecule has 0 radical (unpaired) electrons. The van der Waals surface area contributed by atoms with Crippen molar-refractivity contribution in [2.45, 2.75) is 6.18 Å². The van der Waals surface area contributed by atoms with Gasteiger partial charge in [-0.25, -0.2) is 4.98 Å². The SMILES string of the molecule is CN1CCN(c2cc(I)cc(C(F)(F)F)n2)CC1. The smallest absolute Gasteiger partial charge is 0.354 e. The molecular weight excluding hydrogens is 358 g/mol. The summed E-state index contributed by atoms with van der Waals surface area (Å²) in [7, 11) is 2.00. The van der Waals surface area contributed by atoms with Crippen molar-refractivity contribution in [1.82, 2.24) is 9.88 Å². The Morgan fingerprint density at radius 3 is 2.33 bits per heavy atom. The van der Waals surface area contributed by atoms with Crippen molar-refractivity contribution < 1.29 is 13.2 Å². The third kappa shape index (κ3) is 3.25. The Morgan fingerprint density at radius 1 is 1.17 bits per heavy atom. The van der Waals surface area contributed by atoms with Crippen molar-refractivity contribution in [2.75, 3.05) is 38.1 Å². The van der Waals surface area contributed by atoms with Gasteiger partial charge < -0.3 is 9.80 Å². The second kappa shape index (κ2) is 5.20. The summed E-state index contributed by atoms with van der Waals surface area (Å²) in [5, 5.41) is 0. The fraction of sp³-hybridized carbons (Fsp3) is 0.545. The number of hydrogen-bond donors (Lipinski definition) is 0. The van der Waals surface area contributed by atoms with E-state index < -0.39 is 11.9 Å². The van der Waals surface area contributed by atoms with Gasteiger partial charge in [0.25, 0.3) is 0 Å². The molecule has 0 aliphatic carbocycles. The van der Waals surface area contributed by atoms with Crippen molar-refractivity contribution >= 4 is 28.4 Å². The van der Waals surface area contributed by atoms with Gasteiger partial charge in [0.15, 0.2) is 0 Å². The molecule has 7 heteroatoms. The molecule has 100 valence electrons. The number of nitrogens with zero attached hydrogens (tertiary/aromatic N) is 3. The molecule has 0 bridgehead atoms. The summed E-state index contributed by atoms with van der Waals surface area (Å²) < 4.78 is 38.6. The normalized spacial score (nSPS) is 18.2. The number of piperazine rings is 1. The van der Waals surface area contributed by atoms with E-state index in [1.54, 1.807) is 6.07 Å². The lowest BCUT2D eigenvalue weighted by Crippen LogP contribution is -2.45. The van der Waals surface area contributed by atoms with Crippen LogP contribution in [0, 0.1) is 3.57 Å². The van der Waals surface area contributed by atoms with Crippen LogP contribution < -0.4 is 4.90 Å². The molecule has 0 N–H and O–H groups in total. The van der Waals surface area contributed by atoms with Gasteiger partial charge in [-0.2, -0.15) is 13.2 Å². The van der Waals surface area contributed by atoms with Crippen LogP contribution in [0.2, 0.25) is 0 Å². The first-order chi connectivity index (χ1) is 8.36. The summed E-state index contributed by atoms with van der Waals surface area (Å²) in [5.74, 6) is 0.419. The summed E-state index contributed by atoms with van der Waals surface area (Å²) in [4.78, 5) is 7.78. The van der Waals surface area contributed by atoms with Gasteiger partial charge in [-0.05, 0) is 41.8 Å². The maximum Gasteiger partial charge on any atom is 0.433 e. The number of anilines is 1. The topological polar surface area (TPSA) is 19.4 Å². The van der Waals surface area contributed by atoms with E-state index in [0.717, 1.165) is 19.2 Å². The van der Waals surface area contributed by atoms with E-state index in [2.05, 4.69) is 9.88 Å². The van der Waals surface area contributed by atoms with Crippen molar-refractivity contribution in [3.8, 4) is 0 Å². The van der Waals surface area contributed by atoms with Crippen molar-refractivity contribution in [1.29, 1.82) is 0 Å². The van der Waals surface area contributed by atoms with E-state index in [1.807, 2.05) is 34.5 Å². The number of rotatable bonds is 1. The molecule has 1 aliphatic heterocycles. The molecule has 1 aromatic heterocycles. The Hall–Kier alpha value is -0.570. The molecule has 2 heterocycles. The first-order valence-corrected chi connectivity index (χ1v) is 6.62. The Balaban J connectivity index is 2.25. The third-order valence-corrected chi connectivity index (χ3v) is 3.52. The van der Waals surface area contributed by atoms with Crippen molar-refractivity contribution in [3.05, 3.63) is 21.4 Å². The first kappa shape index (κ1) is 13.9. The van der Waals surface area contributed by atoms with Gasteiger partial charge in [0.1, 0.15) is 11.5 Å². The lowest BCUT2D eigenvalue weighted by Gasteiger charge is -2.33. The lowest BCUT2D eigenvalue weighted by atomic mass is 10.3. The van der Waals surface area contributed by atoms with Gasteiger partial charge in [-0.1, -0.05) is 0 Å². The van der Waals surface area contributed by atoms with E-state index in [-0.39, 0.29) is 0 Å². The van der Waals surface area contributed by atoms with Crippen LogP contribution >= 0.6 is 22.6 Å². The van der Waals surface area contributed by atoms with Gasteiger partial charge in [-0.15, -0.1) is 0 Å². The molecule has 0 saturated carbocycles. The Morgan fingerprint density at radius 2 is 1.78 bits per heavy atom. The van der Waals surface area contributed by atoms with Gasteiger partial charge in [-0.3, -0.25) is 0 Å². The van der Waals surface area contributed by atoms with E-state index in [9.17, 15) is 13.2 Å². The first-order valence-electron chi connectivity index (χ1n) is 5.54. The second-order valence-corrected chi connectivity index (χ2v) is 5.56. The Labute approximate surface area is 117 Å². The summed E-state index contributed by atoms with van der Waals surface area (Å²) in [6.45, 7) is 3.10. The minimum atomic E-state index is -4.39. The Bertz CT molecular complexity index is 428. The lowest BCUT2D eigenvalue weighted by molar-refractivity contribution is -0.141. The van der Waals surface area contributed by atoms with Crippen molar-refractivity contribution in [3.63, 3.8) is 0 Å². The maximum atomic E-state index is 12.7. The molecule has 1 saturated heterocycles. The van der Waals surface area contributed by atoms with E-state index in [0.29, 0.717) is 22.5 Å². The highest BCUT2D eigenvalue weighted by atomic mass is 127. The zero-order valence-corrected chi connectivity index (χ0v) is 12.0. The predicted octanol–water partition coefficient (Wildman–Crippen LogP) is 2.46. The summed E-state index contributed by atoms with van der Waals surface area (Å²) in [6, 6.07) is 2.77. The van der Waals surface area contributed by atoms with Crippen LogP contribution in [-0.4, -0.2) is 43.1 Å². The number of hydrogen-bond acceptors (Lipinski definition) is 3. The van der Waals surface area contributed by atoms with Crippen molar-refractivity contribution in [2.24, 2.45) is 0 Å². The molecule has 2 rings (SSSR count). The number of alkyl halides is 3. The molecule has 0 aromatic carbocycles. The largest absolute Gasteiger partial charge is 0.433 e.